The Hall–Kier alpha value is -0.420. The van der Waals surface area contributed by atoms with Crippen LogP contribution in [0.15, 0.2) is 0 Å². The normalized spacial score (nSPS) is 23.6. The van der Waals surface area contributed by atoms with Gasteiger partial charge >= 0.3 is 0 Å². The third-order valence-corrected chi connectivity index (χ3v) is 4.82. The van der Waals surface area contributed by atoms with E-state index in [4.69, 9.17) is 0 Å². The van der Waals surface area contributed by atoms with Crippen molar-refractivity contribution in [2.45, 2.75) is 26.7 Å². The average molecular weight is 247 g/mol. The third kappa shape index (κ3) is 4.22. The average Bonchev–Trinajstić information content (AvgIpc) is 2.20. The fraction of sp³-hybridized carbons (Fsp3) is 0.909. The summed E-state index contributed by atoms with van der Waals surface area (Å²) >= 11 is 0. The largest absolute Gasteiger partial charge is 0.301 e. The van der Waals surface area contributed by atoms with Gasteiger partial charge in [-0.2, -0.15) is 0 Å². The summed E-state index contributed by atoms with van der Waals surface area (Å²) in [6.45, 7) is 5.78. The molecule has 1 rings (SSSR count). The predicted molar refractivity (Wildman–Crippen MR) is 64.2 cm³/mol. The van der Waals surface area contributed by atoms with Gasteiger partial charge in [-0.25, -0.2) is 8.42 Å². The van der Waals surface area contributed by atoms with Crippen LogP contribution in [0.3, 0.4) is 0 Å². The van der Waals surface area contributed by atoms with Gasteiger partial charge in [-0.1, -0.05) is 13.8 Å². The minimum absolute atomic E-state index is 0.0580. The molecule has 0 aromatic heterocycles. The van der Waals surface area contributed by atoms with Crippen LogP contribution in [0.4, 0.5) is 0 Å². The molecular weight excluding hydrogens is 226 g/mol. The van der Waals surface area contributed by atoms with Gasteiger partial charge in [0.1, 0.15) is 5.78 Å². The van der Waals surface area contributed by atoms with E-state index < -0.39 is 9.84 Å². The van der Waals surface area contributed by atoms with Gasteiger partial charge in [0.25, 0.3) is 0 Å². The van der Waals surface area contributed by atoms with Crippen molar-refractivity contribution in [1.82, 2.24) is 4.90 Å². The van der Waals surface area contributed by atoms with E-state index >= 15 is 0 Å². The Bertz CT molecular complexity index is 337. The zero-order valence-corrected chi connectivity index (χ0v) is 10.9. The maximum absolute atomic E-state index is 11.5. The molecule has 1 aliphatic heterocycles. The number of Topliss-reactive ketones (excluding diaryl/α,β-unsaturated/α-hetero) is 1. The summed E-state index contributed by atoms with van der Waals surface area (Å²) in [5.74, 6) is 0.854. The van der Waals surface area contributed by atoms with E-state index in [9.17, 15) is 13.2 Å². The van der Waals surface area contributed by atoms with Gasteiger partial charge in [-0.05, 0) is 6.42 Å². The lowest BCUT2D eigenvalue weighted by Gasteiger charge is -2.29. The van der Waals surface area contributed by atoms with E-state index in [-0.39, 0.29) is 17.4 Å². The lowest BCUT2D eigenvalue weighted by atomic mass is 9.99. The molecule has 0 amide bonds. The van der Waals surface area contributed by atoms with Gasteiger partial charge in [-0.15, -0.1) is 0 Å². The van der Waals surface area contributed by atoms with Crippen LogP contribution < -0.4 is 0 Å². The second-order valence-corrected chi connectivity index (χ2v) is 6.87. The van der Waals surface area contributed by atoms with Crippen LogP contribution in [0.25, 0.3) is 0 Å². The third-order valence-electron chi connectivity index (χ3n) is 2.99. The number of hydrogen-bond acceptors (Lipinski definition) is 4. The molecule has 0 aromatic rings. The molecule has 4 nitrogen and oxygen atoms in total. The summed E-state index contributed by atoms with van der Waals surface area (Å²) in [5.41, 5.74) is 0. The number of ketones is 1. The first kappa shape index (κ1) is 13.6. The summed E-state index contributed by atoms with van der Waals surface area (Å²) in [6, 6.07) is 0. The van der Waals surface area contributed by atoms with E-state index in [1.165, 1.54) is 0 Å². The van der Waals surface area contributed by atoms with Crippen LogP contribution in [0.2, 0.25) is 0 Å². The predicted octanol–water partition coefficient (Wildman–Crippen LogP) is 0.722. The quantitative estimate of drug-likeness (QED) is 0.718. The molecule has 1 fully saturated rings. The maximum atomic E-state index is 11.5. The molecule has 0 spiro atoms. The molecule has 0 aromatic carbocycles. The van der Waals surface area contributed by atoms with Crippen LogP contribution in [0.5, 0.6) is 0 Å². The summed E-state index contributed by atoms with van der Waals surface area (Å²) in [6.07, 6.45) is 1.24. The second kappa shape index (κ2) is 5.77. The molecule has 0 saturated carbocycles. The molecule has 1 saturated heterocycles. The Morgan fingerprint density at radius 1 is 1.38 bits per heavy atom. The molecule has 5 heteroatoms. The van der Waals surface area contributed by atoms with Gasteiger partial charge in [0, 0.05) is 37.7 Å². The molecule has 1 unspecified atom stereocenters. The van der Waals surface area contributed by atoms with Crippen molar-refractivity contribution in [1.29, 1.82) is 0 Å². The molecule has 0 aliphatic carbocycles. The maximum Gasteiger partial charge on any atom is 0.151 e. The van der Waals surface area contributed by atoms with Gasteiger partial charge in [0.05, 0.1) is 5.75 Å². The fourth-order valence-electron chi connectivity index (χ4n) is 1.98. The number of sulfone groups is 1. The summed E-state index contributed by atoms with van der Waals surface area (Å²) in [5, 5.41) is 0. The molecule has 1 aliphatic rings. The first-order chi connectivity index (χ1) is 7.44. The van der Waals surface area contributed by atoms with Gasteiger partial charge in [0.15, 0.2) is 9.84 Å². The lowest BCUT2D eigenvalue weighted by Crippen LogP contribution is -2.41. The topological polar surface area (TPSA) is 54.5 Å². The van der Waals surface area contributed by atoms with Crippen molar-refractivity contribution >= 4 is 15.6 Å². The van der Waals surface area contributed by atoms with Gasteiger partial charge in [-0.3, -0.25) is 4.79 Å². The minimum atomic E-state index is -2.89. The molecule has 0 radical (unpaired) electrons. The van der Waals surface area contributed by atoms with E-state index in [1.807, 2.05) is 13.8 Å². The van der Waals surface area contributed by atoms with Crippen LogP contribution >= 0.6 is 0 Å². The molecule has 1 heterocycles. The first-order valence-corrected chi connectivity index (χ1v) is 7.72. The number of carbonyl (C=O) groups is 1. The first-order valence-electron chi connectivity index (χ1n) is 5.90. The highest BCUT2D eigenvalue weighted by Crippen LogP contribution is 2.12. The van der Waals surface area contributed by atoms with Gasteiger partial charge < -0.3 is 4.90 Å². The summed E-state index contributed by atoms with van der Waals surface area (Å²) in [4.78, 5) is 13.4. The molecule has 94 valence electrons. The Kier molecular flexibility index (Phi) is 4.92. The monoisotopic (exact) mass is 247 g/mol. The zero-order valence-electron chi connectivity index (χ0n) is 10.1. The molecule has 0 bridgehead atoms. The van der Waals surface area contributed by atoms with Crippen LogP contribution in [0, 0.1) is 5.92 Å². The van der Waals surface area contributed by atoms with E-state index in [0.29, 0.717) is 38.3 Å². The summed E-state index contributed by atoms with van der Waals surface area (Å²) < 4.78 is 23.1. The van der Waals surface area contributed by atoms with E-state index in [0.717, 1.165) is 0 Å². The van der Waals surface area contributed by atoms with Crippen molar-refractivity contribution in [2.24, 2.45) is 5.92 Å². The van der Waals surface area contributed by atoms with Crippen molar-refractivity contribution in [3.05, 3.63) is 0 Å². The van der Waals surface area contributed by atoms with Crippen molar-refractivity contribution in [3.63, 3.8) is 0 Å². The SMILES string of the molecule is CCCS(=O)(=O)CCN1CCC(=O)C(C)C1. The fourth-order valence-corrected chi connectivity index (χ4v) is 3.34. The number of carbonyl (C=O) groups excluding carboxylic acids is 1. The van der Waals surface area contributed by atoms with Crippen molar-refractivity contribution < 1.29 is 13.2 Å². The molecule has 16 heavy (non-hydrogen) atoms. The Morgan fingerprint density at radius 3 is 2.62 bits per heavy atom. The second-order valence-electron chi connectivity index (χ2n) is 4.57. The van der Waals surface area contributed by atoms with E-state index in [1.54, 1.807) is 0 Å². The molecule has 0 N–H and O–H groups in total. The number of rotatable bonds is 5. The molecule has 1 atom stereocenters. The van der Waals surface area contributed by atoms with Crippen LogP contribution in [-0.2, 0) is 14.6 Å². The Labute approximate surface area is 97.9 Å². The number of nitrogens with zero attached hydrogens (tertiary/aromatic N) is 1. The summed E-state index contributed by atoms with van der Waals surface area (Å²) in [7, 11) is -2.89. The number of likely N-dealkylation sites (tertiary alicyclic amines) is 1. The minimum Gasteiger partial charge on any atom is -0.301 e. The van der Waals surface area contributed by atoms with E-state index in [2.05, 4.69) is 4.90 Å². The highest BCUT2D eigenvalue weighted by molar-refractivity contribution is 7.91. The zero-order chi connectivity index (χ0) is 12.2. The van der Waals surface area contributed by atoms with Crippen LogP contribution in [-0.4, -0.2) is 50.2 Å². The Balaban J connectivity index is 2.36. The highest BCUT2D eigenvalue weighted by atomic mass is 32.2. The lowest BCUT2D eigenvalue weighted by molar-refractivity contribution is -0.125. The smallest absolute Gasteiger partial charge is 0.151 e. The van der Waals surface area contributed by atoms with Crippen molar-refractivity contribution in [2.75, 3.05) is 31.1 Å². The Morgan fingerprint density at radius 2 is 2.06 bits per heavy atom. The van der Waals surface area contributed by atoms with Gasteiger partial charge in [0.2, 0.25) is 0 Å². The standard InChI is InChI=1S/C11H21NO3S/c1-3-7-16(14,15)8-6-12-5-4-11(13)10(2)9-12/h10H,3-9H2,1-2H3. The number of piperidine rings is 1. The van der Waals surface area contributed by atoms with Crippen LogP contribution in [0.1, 0.15) is 26.7 Å². The number of hydrogen-bond donors (Lipinski definition) is 0. The molecular formula is C11H21NO3S. The van der Waals surface area contributed by atoms with Crippen molar-refractivity contribution in [3.8, 4) is 0 Å². The highest BCUT2D eigenvalue weighted by Gasteiger charge is 2.24.